The average molecular weight is 969 g/mol. The molecular weight excluding hydrogens is 898 g/mol. The molecule has 1 aliphatic heterocycles. The molecule has 0 bridgehead atoms. The first-order chi connectivity index (χ1) is 32.2. The second kappa shape index (κ2) is 19.1. The van der Waals surface area contributed by atoms with Gasteiger partial charge in [0, 0.05) is 45.2 Å². The Hall–Kier alpha value is -4.85. The van der Waals surface area contributed by atoms with Crippen LogP contribution in [-0.2, 0) is 29.0 Å². The molecule has 0 saturated carbocycles. The molecule has 1 aliphatic carbocycles. The molecule has 5 aromatic rings. The Morgan fingerprint density at radius 3 is 1.68 bits per heavy atom. The molecule has 1 unspecified atom stereocenters. The Kier molecular flexibility index (Phi) is 14.4. The van der Waals surface area contributed by atoms with Crippen molar-refractivity contribution < 1.29 is 50.1 Å². The normalized spacial score (nSPS) is 16.8. The van der Waals surface area contributed by atoms with Gasteiger partial charge in [0.2, 0.25) is 0 Å². The van der Waals surface area contributed by atoms with Crippen molar-refractivity contribution in [2.75, 3.05) is 27.4 Å². The van der Waals surface area contributed by atoms with E-state index in [-0.39, 0.29) is 5.82 Å². The standard InChI is InChI=1S/C57H71F3O8Si/c1-16-56(17-2)49-44(32-39(59)33-45(49)60)48-42-34-46(61-14)47(62-15)35-43(42)51-41(50(48)56)26-27-57(65-51,36-18-22-38(58)23-19-36)37-20-24-40(25-21-37)63-29-30-64-55(12,13)28-31-69(66-52(3,4)5,67-53(6,7)8)68-54(9,10)11/h18-27,32-35H,16-17,28-31H2,1-15H3. The van der Waals surface area contributed by atoms with Crippen LogP contribution in [0.3, 0.4) is 0 Å². The van der Waals surface area contributed by atoms with Crippen molar-refractivity contribution in [3.8, 4) is 34.1 Å². The molecule has 7 rings (SSSR count). The van der Waals surface area contributed by atoms with Gasteiger partial charge in [0.05, 0.1) is 43.2 Å². The highest BCUT2D eigenvalue weighted by molar-refractivity contribution is 6.61. The summed E-state index contributed by atoms with van der Waals surface area (Å²) in [5.74, 6) is 0.437. The average Bonchev–Trinajstić information content (AvgIpc) is 3.56. The highest BCUT2D eigenvalue weighted by Gasteiger charge is 2.52. The first-order valence-electron chi connectivity index (χ1n) is 24.1. The quantitative estimate of drug-likeness (QED) is 0.0674. The van der Waals surface area contributed by atoms with Crippen LogP contribution in [0.25, 0.3) is 28.0 Å². The number of benzene rings is 5. The molecule has 0 saturated heterocycles. The number of rotatable bonds is 17. The molecule has 0 amide bonds. The summed E-state index contributed by atoms with van der Waals surface area (Å²) >= 11 is 0. The molecule has 0 aromatic heterocycles. The van der Waals surface area contributed by atoms with Gasteiger partial charge in [-0.25, -0.2) is 13.2 Å². The van der Waals surface area contributed by atoms with E-state index in [4.69, 9.17) is 37.0 Å². The van der Waals surface area contributed by atoms with Gasteiger partial charge in [-0.05, 0) is 166 Å². The van der Waals surface area contributed by atoms with E-state index in [1.807, 2.05) is 125 Å². The lowest BCUT2D eigenvalue weighted by atomic mass is 9.71. The Labute approximate surface area is 408 Å². The topological polar surface area (TPSA) is 73.8 Å². The molecule has 0 spiro atoms. The number of methoxy groups -OCH3 is 2. The molecule has 1 heterocycles. The molecular formula is C57H71F3O8Si. The lowest BCUT2D eigenvalue weighted by molar-refractivity contribution is -0.0823. The molecule has 0 radical (unpaired) electrons. The van der Waals surface area contributed by atoms with Gasteiger partial charge >= 0.3 is 8.80 Å². The Balaban J connectivity index is 1.20. The smallest absolute Gasteiger partial charge is 0.493 e. The largest absolute Gasteiger partial charge is 0.502 e. The number of ether oxygens (including phenoxy) is 5. The number of halogens is 3. The maximum absolute atomic E-state index is 16.3. The lowest BCUT2D eigenvalue weighted by Gasteiger charge is -2.44. The van der Waals surface area contributed by atoms with Crippen LogP contribution in [0.15, 0.2) is 78.9 Å². The van der Waals surface area contributed by atoms with E-state index in [9.17, 15) is 4.39 Å². The molecule has 372 valence electrons. The SMILES string of the molecule is CCC1(CC)c2c(F)cc(F)cc2-c2c1c1c(c3cc(OC)c(OC)cc23)OC(c2ccc(F)cc2)(c2ccc(OCCOC(C)(C)CC[Si](OC(C)(C)C)(OC(C)(C)C)OC(C)(C)C)cc2)C=C1. The van der Waals surface area contributed by atoms with Crippen molar-refractivity contribution in [2.24, 2.45) is 0 Å². The Bertz CT molecular complexity index is 2650. The predicted molar refractivity (Wildman–Crippen MR) is 270 cm³/mol. The summed E-state index contributed by atoms with van der Waals surface area (Å²) in [6, 6.07) is 20.6. The van der Waals surface area contributed by atoms with Crippen molar-refractivity contribution in [2.45, 2.75) is 149 Å². The number of hydrogen-bond acceptors (Lipinski definition) is 8. The minimum absolute atomic E-state index is 0.291. The third-order valence-electron chi connectivity index (χ3n) is 12.9. The zero-order valence-corrected chi connectivity index (χ0v) is 44.2. The maximum Gasteiger partial charge on any atom is 0.502 e. The molecule has 12 heteroatoms. The Morgan fingerprint density at radius 2 is 1.16 bits per heavy atom. The van der Waals surface area contributed by atoms with Gasteiger partial charge in [-0.1, -0.05) is 44.2 Å². The van der Waals surface area contributed by atoms with Crippen molar-refractivity contribution in [1.29, 1.82) is 0 Å². The zero-order valence-electron chi connectivity index (χ0n) is 43.2. The summed E-state index contributed by atoms with van der Waals surface area (Å²) in [6.07, 6.45) is 5.72. The van der Waals surface area contributed by atoms with Crippen LogP contribution < -0.4 is 18.9 Å². The van der Waals surface area contributed by atoms with Crippen LogP contribution in [0.5, 0.6) is 23.0 Å². The molecule has 0 fully saturated rings. The minimum atomic E-state index is -3.22. The second-order valence-electron chi connectivity index (χ2n) is 21.8. The molecule has 69 heavy (non-hydrogen) atoms. The summed E-state index contributed by atoms with van der Waals surface area (Å²) < 4.78 is 98.1. The van der Waals surface area contributed by atoms with Gasteiger partial charge in [-0.15, -0.1) is 0 Å². The zero-order chi connectivity index (χ0) is 50.5. The minimum Gasteiger partial charge on any atom is -0.493 e. The van der Waals surface area contributed by atoms with Crippen LogP contribution in [0.2, 0.25) is 6.04 Å². The van der Waals surface area contributed by atoms with Gasteiger partial charge in [0.25, 0.3) is 0 Å². The van der Waals surface area contributed by atoms with E-state index >= 15 is 8.78 Å². The highest BCUT2D eigenvalue weighted by Crippen LogP contribution is 2.62. The summed E-state index contributed by atoms with van der Waals surface area (Å²) in [4.78, 5) is 0. The number of hydrogen-bond donors (Lipinski definition) is 0. The van der Waals surface area contributed by atoms with Crippen molar-refractivity contribution in [3.05, 3.63) is 124 Å². The van der Waals surface area contributed by atoms with E-state index < -0.39 is 53.9 Å². The lowest BCUT2D eigenvalue weighted by Crippen LogP contribution is -2.57. The summed E-state index contributed by atoms with van der Waals surface area (Å²) in [5.41, 5.74) is 0.697. The van der Waals surface area contributed by atoms with Gasteiger partial charge in [-0.2, -0.15) is 0 Å². The fourth-order valence-electron chi connectivity index (χ4n) is 10.2. The highest BCUT2D eigenvalue weighted by atomic mass is 28.4. The molecule has 1 atom stereocenters. The fraction of sp³-hybridized carbons (Fsp3) is 0.474. The predicted octanol–water partition coefficient (Wildman–Crippen LogP) is 14.7. The van der Waals surface area contributed by atoms with E-state index in [0.29, 0.717) is 89.0 Å². The summed E-state index contributed by atoms with van der Waals surface area (Å²) in [5, 5.41) is 1.36. The summed E-state index contributed by atoms with van der Waals surface area (Å²) in [6.45, 7) is 27.0. The van der Waals surface area contributed by atoms with E-state index in [0.717, 1.165) is 28.3 Å². The van der Waals surface area contributed by atoms with Gasteiger partial charge in [-0.3, -0.25) is 0 Å². The first-order valence-corrected chi connectivity index (χ1v) is 26.0. The fourth-order valence-corrected chi connectivity index (χ4v) is 14.3. The maximum atomic E-state index is 16.3. The first kappa shape index (κ1) is 52.0. The number of fused-ring (bicyclic) bond motifs is 8. The Morgan fingerprint density at radius 1 is 0.623 bits per heavy atom. The molecule has 0 N–H and O–H groups in total. The van der Waals surface area contributed by atoms with Crippen LogP contribution in [0.1, 0.15) is 137 Å². The molecule has 2 aliphatic rings. The third-order valence-corrected chi connectivity index (χ3v) is 16.5. The molecule has 5 aromatic carbocycles. The van der Waals surface area contributed by atoms with Gasteiger partial charge in [0.1, 0.15) is 35.6 Å². The van der Waals surface area contributed by atoms with Crippen LogP contribution in [0, 0.1) is 17.5 Å². The van der Waals surface area contributed by atoms with Crippen molar-refractivity contribution in [1.82, 2.24) is 0 Å². The molecule has 8 nitrogen and oxygen atoms in total. The van der Waals surface area contributed by atoms with Crippen molar-refractivity contribution in [3.63, 3.8) is 0 Å². The van der Waals surface area contributed by atoms with Gasteiger partial charge < -0.3 is 37.0 Å². The van der Waals surface area contributed by atoms with E-state index in [2.05, 4.69) is 13.8 Å². The van der Waals surface area contributed by atoms with Crippen LogP contribution in [0.4, 0.5) is 13.2 Å². The van der Waals surface area contributed by atoms with Crippen molar-refractivity contribution >= 4 is 25.7 Å². The van der Waals surface area contributed by atoms with Gasteiger partial charge in [0.15, 0.2) is 17.1 Å². The van der Waals surface area contributed by atoms with Crippen LogP contribution in [-0.4, -0.2) is 58.6 Å². The van der Waals surface area contributed by atoms with Crippen LogP contribution >= 0.6 is 0 Å². The van der Waals surface area contributed by atoms with E-state index in [1.165, 1.54) is 18.2 Å². The van der Waals surface area contributed by atoms with E-state index in [1.54, 1.807) is 26.4 Å². The second-order valence-corrected chi connectivity index (χ2v) is 24.3. The third kappa shape index (κ3) is 10.6. The monoisotopic (exact) mass is 968 g/mol. The summed E-state index contributed by atoms with van der Waals surface area (Å²) in [7, 11) is -0.102.